The van der Waals surface area contributed by atoms with Crippen molar-refractivity contribution >= 4 is 33.7 Å². The van der Waals surface area contributed by atoms with Gasteiger partial charge in [0.05, 0.1) is 4.90 Å². The Labute approximate surface area is 208 Å². The average Bonchev–Trinajstić information content (AvgIpc) is 2.85. The van der Waals surface area contributed by atoms with Crippen LogP contribution in [-0.2, 0) is 26.2 Å². The number of carbonyl (C=O) groups is 2. The SMILES string of the molecule is O=C(NCCC[C@H](NS(=O)(=O)c1ccc(-c2ccc(Cl)cc2)cc1)C(=O)O)OCc1ccccc1. The number of hydrogen-bond acceptors (Lipinski definition) is 5. The van der Waals surface area contributed by atoms with E-state index in [1.165, 1.54) is 12.1 Å². The number of halogens is 1. The van der Waals surface area contributed by atoms with Crippen LogP contribution in [0.15, 0.2) is 83.8 Å². The van der Waals surface area contributed by atoms with Crippen molar-refractivity contribution in [2.45, 2.75) is 30.4 Å². The summed E-state index contributed by atoms with van der Waals surface area (Å²) in [5.41, 5.74) is 2.49. The van der Waals surface area contributed by atoms with E-state index >= 15 is 0 Å². The third-order valence-electron chi connectivity index (χ3n) is 5.09. The van der Waals surface area contributed by atoms with Gasteiger partial charge in [-0.2, -0.15) is 4.72 Å². The van der Waals surface area contributed by atoms with Crippen molar-refractivity contribution in [3.8, 4) is 11.1 Å². The van der Waals surface area contributed by atoms with Gasteiger partial charge in [0.1, 0.15) is 12.6 Å². The fourth-order valence-corrected chi connectivity index (χ4v) is 4.58. The second kappa shape index (κ2) is 12.3. The molecule has 0 aliphatic carbocycles. The molecule has 0 saturated heterocycles. The van der Waals surface area contributed by atoms with Crippen molar-refractivity contribution in [3.05, 3.63) is 89.4 Å². The van der Waals surface area contributed by atoms with Gasteiger partial charge in [-0.3, -0.25) is 4.79 Å². The maximum atomic E-state index is 12.7. The highest BCUT2D eigenvalue weighted by Gasteiger charge is 2.25. The zero-order valence-corrected chi connectivity index (χ0v) is 20.3. The summed E-state index contributed by atoms with van der Waals surface area (Å²) in [6, 6.07) is 21.0. The van der Waals surface area contributed by atoms with Gasteiger partial charge >= 0.3 is 12.1 Å². The van der Waals surface area contributed by atoms with E-state index in [4.69, 9.17) is 16.3 Å². The molecule has 0 aromatic heterocycles. The largest absolute Gasteiger partial charge is 0.480 e. The van der Waals surface area contributed by atoms with Crippen molar-refractivity contribution in [2.75, 3.05) is 6.54 Å². The lowest BCUT2D eigenvalue weighted by Gasteiger charge is -2.15. The fourth-order valence-electron chi connectivity index (χ4n) is 3.23. The minimum absolute atomic E-state index is 0.0175. The summed E-state index contributed by atoms with van der Waals surface area (Å²) in [4.78, 5) is 23.3. The lowest BCUT2D eigenvalue weighted by atomic mass is 10.1. The van der Waals surface area contributed by atoms with E-state index in [0.29, 0.717) is 5.02 Å². The first-order valence-corrected chi connectivity index (χ1v) is 12.7. The van der Waals surface area contributed by atoms with Gasteiger partial charge in [-0.25, -0.2) is 13.2 Å². The van der Waals surface area contributed by atoms with Gasteiger partial charge < -0.3 is 15.2 Å². The molecule has 3 aromatic rings. The Kier molecular flexibility index (Phi) is 9.25. The molecule has 3 N–H and O–H groups in total. The number of carbonyl (C=O) groups excluding carboxylic acids is 1. The van der Waals surface area contributed by atoms with Crippen molar-refractivity contribution in [1.82, 2.24) is 10.0 Å². The van der Waals surface area contributed by atoms with Gasteiger partial charge in [0.2, 0.25) is 10.0 Å². The monoisotopic (exact) mass is 516 g/mol. The molecule has 8 nitrogen and oxygen atoms in total. The molecular weight excluding hydrogens is 492 g/mol. The molecule has 0 saturated carbocycles. The van der Waals surface area contributed by atoms with E-state index in [0.717, 1.165) is 16.7 Å². The highest BCUT2D eigenvalue weighted by atomic mass is 35.5. The molecule has 1 amide bonds. The highest BCUT2D eigenvalue weighted by Crippen LogP contribution is 2.23. The van der Waals surface area contributed by atoms with E-state index in [9.17, 15) is 23.1 Å². The Balaban J connectivity index is 1.50. The van der Waals surface area contributed by atoms with E-state index in [-0.39, 0.29) is 30.9 Å². The van der Waals surface area contributed by atoms with Crippen molar-refractivity contribution in [3.63, 3.8) is 0 Å². The van der Waals surface area contributed by atoms with Gasteiger partial charge in [0, 0.05) is 11.6 Å². The average molecular weight is 517 g/mol. The molecule has 0 aliphatic heterocycles. The van der Waals surface area contributed by atoms with Crippen LogP contribution in [0.1, 0.15) is 18.4 Å². The molecule has 35 heavy (non-hydrogen) atoms. The van der Waals surface area contributed by atoms with Crippen LogP contribution in [0.5, 0.6) is 0 Å². The molecule has 184 valence electrons. The highest BCUT2D eigenvalue weighted by molar-refractivity contribution is 7.89. The second-order valence-electron chi connectivity index (χ2n) is 7.67. The number of benzene rings is 3. The number of rotatable bonds is 11. The quantitative estimate of drug-likeness (QED) is 0.324. The molecule has 3 rings (SSSR count). The lowest BCUT2D eigenvalue weighted by molar-refractivity contribution is -0.139. The zero-order chi connectivity index (χ0) is 25.3. The summed E-state index contributed by atoms with van der Waals surface area (Å²) in [5.74, 6) is -1.31. The lowest BCUT2D eigenvalue weighted by Crippen LogP contribution is -2.41. The standard InChI is InChI=1S/C25H25ClN2O6S/c26-21-12-8-19(9-13-21)20-10-14-22(15-11-20)35(32,33)28-23(24(29)30)7-4-16-27-25(31)34-17-18-5-2-1-3-6-18/h1-3,5-6,8-15,23,28H,4,7,16-17H2,(H,27,31)(H,29,30)/t23-/m0/s1. The van der Waals surface area contributed by atoms with Crippen LogP contribution in [0.25, 0.3) is 11.1 Å². The van der Waals surface area contributed by atoms with Crippen LogP contribution in [0.4, 0.5) is 4.79 Å². The van der Waals surface area contributed by atoms with Crippen LogP contribution in [0, 0.1) is 0 Å². The smallest absolute Gasteiger partial charge is 0.407 e. The maximum absolute atomic E-state index is 12.7. The van der Waals surface area contributed by atoms with Crippen molar-refractivity contribution in [2.24, 2.45) is 0 Å². The zero-order valence-electron chi connectivity index (χ0n) is 18.7. The predicted octanol–water partition coefficient (Wildman–Crippen LogP) is 4.45. The summed E-state index contributed by atoms with van der Waals surface area (Å²) < 4.78 is 32.7. The van der Waals surface area contributed by atoms with E-state index in [2.05, 4.69) is 10.0 Å². The molecule has 3 aromatic carbocycles. The summed E-state index contributed by atoms with van der Waals surface area (Å²) in [7, 11) is -4.07. The first-order chi connectivity index (χ1) is 16.7. The predicted molar refractivity (Wildman–Crippen MR) is 132 cm³/mol. The molecular formula is C25H25ClN2O6S. The number of alkyl carbamates (subject to hydrolysis) is 1. The molecule has 10 heteroatoms. The number of hydrogen-bond donors (Lipinski definition) is 3. The van der Waals surface area contributed by atoms with Crippen LogP contribution in [0.2, 0.25) is 5.02 Å². The molecule has 0 bridgehead atoms. The molecule has 0 radical (unpaired) electrons. The fraction of sp³-hybridized carbons (Fsp3) is 0.200. The molecule has 0 fully saturated rings. The topological polar surface area (TPSA) is 122 Å². The number of ether oxygens (including phenoxy) is 1. The van der Waals surface area contributed by atoms with Gasteiger partial charge in [0.15, 0.2) is 0 Å². The third kappa shape index (κ3) is 8.10. The summed E-state index contributed by atoms with van der Waals surface area (Å²) >= 11 is 5.89. The van der Waals surface area contributed by atoms with E-state index in [1.54, 1.807) is 24.3 Å². The van der Waals surface area contributed by atoms with Gasteiger partial charge in [-0.15, -0.1) is 0 Å². The number of amides is 1. The number of carboxylic acid groups (broad SMARTS) is 1. The molecule has 0 spiro atoms. The Morgan fingerprint density at radius 2 is 1.51 bits per heavy atom. The first-order valence-electron chi connectivity index (χ1n) is 10.8. The Morgan fingerprint density at radius 3 is 2.11 bits per heavy atom. The van der Waals surface area contributed by atoms with E-state index in [1.807, 2.05) is 42.5 Å². The minimum Gasteiger partial charge on any atom is -0.480 e. The van der Waals surface area contributed by atoms with E-state index < -0.39 is 28.1 Å². The second-order valence-corrected chi connectivity index (χ2v) is 9.82. The Bertz CT molecular complexity index is 1230. The third-order valence-corrected chi connectivity index (χ3v) is 6.83. The summed E-state index contributed by atoms with van der Waals surface area (Å²) in [6.07, 6.45) is -0.423. The van der Waals surface area contributed by atoms with Crippen molar-refractivity contribution in [1.29, 1.82) is 0 Å². The van der Waals surface area contributed by atoms with Crippen LogP contribution >= 0.6 is 11.6 Å². The molecule has 1 atom stereocenters. The normalized spacial score (nSPS) is 12.0. The molecule has 0 heterocycles. The van der Waals surface area contributed by atoms with Crippen LogP contribution in [0.3, 0.4) is 0 Å². The number of carboxylic acids is 1. The number of aliphatic carboxylic acids is 1. The van der Waals surface area contributed by atoms with Crippen LogP contribution < -0.4 is 10.0 Å². The first kappa shape index (κ1) is 26.2. The molecule has 0 unspecified atom stereocenters. The number of nitrogens with one attached hydrogen (secondary N) is 2. The Hall–Kier alpha value is -3.40. The Morgan fingerprint density at radius 1 is 0.914 bits per heavy atom. The van der Waals surface area contributed by atoms with Crippen molar-refractivity contribution < 1.29 is 27.9 Å². The van der Waals surface area contributed by atoms with Gasteiger partial charge in [-0.1, -0.05) is 66.2 Å². The number of sulfonamides is 1. The summed E-state index contributed by atoms with van der Waals surface area (Å²) in [6.45, 7) is 0.246. The van der Waals surface area contributed by atoms with Gasteiger partial charge in [0.25, 0.3) is 0 Å². The molecule has 0 aliphatic rings. The minimum atomic E-state index is -4.07. The van der Waals surface area contributed by atoms with Gasteiger partial charge in [-0.05, 0) is 53.8 Å². The maximum Gasteiger partial charge on any atom is 0.407 e. The summed E-state index contributed by atoms with van der Waals surface area (Å²) in [5, 5.41) is 12.6. The van der Waals surface area contributed by atoms with Crippen LogP contribution in [-0.4, -0.2) is 38.2 Å².